The van der Waals surface area contributed by atoms with Gasteiger partial charge in [0.15, 0.2) is 23.1 Å². The maximum Gasteiger partial charge on any atom is 0.198 e. The van der Waals surface area contributed by atoms with E-state index >= 15 is 0 Å². The van der Waals surface area contributed by atoms with Gasteiger partial charge in [-0.15, -0.1) is 0 Å². The van der Waals surface area contributed by atoms with Crippen molar-refractivity contribution in [3.05, 3.63) is 132 Å². The summed E-state index contributed by atoms with van der Waals surface area (Å²) in [5.74, 6) is 0.275. The van der Waals surface area contributed by atoms with E-state index in [0.717, 1.165) is 11.1 Å². The van der Waals surface area contributed by atoms with Gasteiger partial charge in [0.1, 0.15) is 23.1 Å². The molecule has 0 aliphatic heterocycles. The normalized spacial score (nSPS) is 11.3. The van der Waals surface area contributed by atoms with Gasteiger partial charge in [0.05, 0.1) is 37.9 Å². The maximum atomic E-state index is 13.0. The SMILES string of the molecule is O=C(Cc1ccco1)CC(CC(=O)Cc1ccco1)c1ccc(C(CC(=O)c2ccco2)CC(=O)c2ccco2)cc1. The fraction of sp³-hybridized carbons (Fsp3) is 0.235. The van der Waals surface area contributed by atoms with E-state index in [-0.39, 0.29) is 79.1 Å². The fourth-order valence-corrected chi connectivity index (χ4v) is 5.09. The molecule has 1 aromatic carbocycles. The van der Waals surface area contributed by atoms with Crippen molar-refractivity contribution in [3.63, 3.8) is 0 Å². The van der Waals surface area contributed by atoms with Gasteiger partial charge in [0.2, 0.25) is 0 Å². The number of hydrogen-bond acceptors (Lipinski definition) is 8. The van der Waals surface area contributed by atoms with Crippen LogP contribution in [-0.2, 0) is 22.4 Å². The smallest absolute Gasteiger partial charge is 0.198 e. The molecule has 0 N–H and O–H groups in total. The third kappa shape index (κ3) is 7.60. The molecule has 0 aliphatic carbocycles. The van der Waals surface area contributed by atoms with Crippen molar-refractivity contribution in [2.24, 2.45) is 0 Å². The lowest BCUT2D eigenvalue weighted by atomic mass is 9.84. The molecule has 0 spiro atoms. The Morgan fingerprint density at radius 3 is 1.21 bits per heavy atom. The zero-order chi connectivity index (χ0) is 29.3. The number of carbonyl (C=O) groups is 4. The van der Waals surface area contributed by atoms with E-state index in [0.29, 0.717) is 11.5 Å². The van der Waals surface area contributed by atoms with Gasteiger partial charge in [-0.25, -0.2) is 0 Å². The van der Waals surface area contributed by atoms with Crippen LogP contribution in [0.1, 0.15) is 81.3 Å². The minimum Gasteiger partial charge on any atom is -0.469 e. The van der Waals surface area contributed by atoms with Crippen molar-refractivity contribution in [2.75, 3.05) is 0 Å². The van der Waals surface area contributed by atoms with Crippen LogP contribution in [0.5, 0.6) is 0 Å². The predicted octanol–water partition coefficient (Wildman–Crippen LogP) is 7.18. The molecule has 4 aromatic heterocycles. The second kappa shape index (κ2) is 13.6. The monoisotopic (exact) mass is 566 g/mol. The molecule has 4 heterocycles. The first-order chi connectivity index (χ1) is 20.4. The van der Waals surface area contributed by atoms with Crippen LogP contribution in [-0.4, -0.2) is 23.1 Å². The molecular formula is C34H30O8. The lowest BCUT2D eigenvalue weighted by molar-refractivity contribution is -0.120. The summed E-state index contributed by atoms with van der Waals surface area (Å²) >= 11 is 0. The Morgan fingerprint density at radius 1 is 0.476 bits per heavy atom. The molecule has 8 heteroatoms. The number of hydrogen-bond donors (Lipinski definition) is 0. The molecule has 0 saturated heterocycles. The van der Waals surface area contributed by atoms with E-state index in [1.807, 2.05) is 24.3 Å². The average Bonchev–Trinajstić information content (AvgIpc) is 3.81. The maximum absolute atomic E-state index is 13.0. The summed E-state index contributed by atoms with van der Waals surface area (Å²) in [4.78, 5) is 51.7. The summed E-state index contributed by atoms with van der Waals surface area (Å²) in [6.07, 6.45) is 6.63. The summed E-state index contributed by atoms with van der Waals surface area (Å²) in [7, 11) is 0. The highest BCUT2D eigenvalue weighted by molar-refractivity contribution is 5.96. The minimum atomic E-state index is -0.436. The van der Waals surface area contributed by atoms with Gasteiger partial charge in [-0.1, -0.05) is 24.3 Å². The molecule has 0 aliphatic rings. The van der Waals surface area contributed by atoms with Crippen molar-refractivity contribution < 1.29 is 36.8 Å². The van der Waals surface area contributed by atoms with Crippen molar-refractivity contribution in [1.29, 1.82) is 0 Å². The van der Waals surface area contributed by atoms with Crippen molar-refractivity contribution in [1.82, 2.24) is 0 Å². The molecule has 0 radical (unpaired) electrons. The average molecular weight is 567 g/mol. The van der Waals surface area contributed by atoms with Crippen LogP contribution in [0.2, 0.25) is 0 Å². The van der Waals surface area contributed by atoms with Gasteiger partial charge >= 0.3 is 0 Å². The first-order valence-electron chi connectivity index (χ1n) is 13.8. The molecule has 0 amide bonds. The molecule has 0 atom stereocenters. The molecule has 0 saturated carbocycles. The number of ketones is 4. The van der Waals surface area contributed by atoms with Gasteiger partial charge in [-0.2, -0.15) is 0 Å². The first-order valence-corrected chi connectivity index (χ1v) is 13.8. The van der Waals surface area contributed by atoms with Crippen molar-refractivity contribution >= 4 is 23.1 Å². The zero-order valence-electron chi connectivity index (χ0n) is 22.9. The first kappa shape index (κ1) is 28.5. The Balaban J connectivity index is 1.35. The number of Topliss-reactive ketones (excluding diaryl/α,β-unsaturated/α-hetero) is 4. The van der Waals surface area contributed by atoms with Crippen LogP contribution in [0.25, 0.3) is 0 Å². The van der Waals surface area contributed by atoms with Crippen LogP contribution in [0.3, 0.4) is 0 Å². The molecular weight excluding hydrogens is 536 g/mol. The highest BCUT2D eigenvalue weighted by atomic mass is 16.3. The van der Waals surface area contributed by atoms with E-state index in [1.165, 1.54) is 25.1 Å². The Hall–Kier alpha value is -4.98. The van der Waals surface area contributed by atoms with Gasteiger partial charge in [-0.05, 0) is 71.5 Å². The number of rotatable bonds is 16. The largest absolute Gasteiger partial charge is 0.469 e. The van der Waals surface area contributed by atoms with E-state index < -0.39 is 5.92 Å². The fourth-order valence-electron chi connectivity index (χ4n) is 5.09. The Morgan fingerprint density at radius 2 is 0.857 bits per heavy atom. The molecule has 214 valence electrons. The highest BCUT2D eigenvalue weighted by Crippen LogP contribution is 2.31. The predicted molar refractivity (Wildman–Crippen MR) is 151 cm³/mol. The van der Waals surface area contributed by atoms with E-state index in [9.17, 15) is 19.2 Å². The summed E-state index contributed by atoms with van der Waals surface area (Å²) in [6.45, 7) is 0. The summed E-state index contributed by atoms with van der Waals surface area (Å²) < 4.78 is 21.2. The standard InChI is InChI=1S/C34H30O8/c35-27(21-29-5-1-13-39-29)17-25(18-28(36)22-30-6-2-14-40-30)23-9-11-24(12-10-23)26(19-31(37)33-7-3-15-41-33)20-32(38)34-8-4-16-42-34/h1-16,25-26H,17-22H2. The van der Waals surface area contributed by atoms with Gasteiger partial charge < -0.3 is 17.7 Å². The summed E-state index contributed by atoms with van der Waals surface area (Å²) in [5.41, 5.74) is 1.59. The topological polar surface area (TPSA) is 121 Å². The summed E-state index contributed by atoms with van der Waals surface area (Å²) in [5, 5.41) is 0. The van der Waals surface area contributed by atoms with Gasteiger partial charge in [-0.3, -0.25) is 19.2 Å². The Bertz CT molecular complexity index is 1470. The molecule has 42 heavy (non-hydrogen) atoms. The third-order valence-electron chi connectivity index (χ3n) is 7.19. The molecule has 5 aromatic rings. The number of carbonyl (C=O) groups excluding carboxylic acids is 4. The van der Waals surface area contributed by atoms with Crippen LogP contribution in [0.15, 0.2) is 116 Å². The molecule has 5 rings (SSSR count). The molecule has 8 nitrogen and oxygen atoms in total. The molecule has 0 bridgehead atoms. The van der Waals surface area contributed by atoms with Crippen LogP contribution in [0, 0.1) is 0 Å². The van der Waals surface area contributed by atoms with Crippen molar-refractivity contribution in [2.45, 2.75) is 50.4 Å². The quantitative estimate of drug-likeness (QED) is 0.115. The highest BCUT2D eigenvalue weighted by Gasteiger charge is 2.25. The molecule has 0 unspecified atom stereocenters. The lowest BCUT2D eigenvalue weighted by Gasteiger charge is -2.19. The van der Waals surface area contributed by atoms with Crippen LogP contribution < -0.4 is 0 Å². The van der Waals surface area contributed by atoms with E-state index in [2.05, 4.69) is 0 Å². The number of benzene rings is 1. The Labute approximate surface area is 242 Å². The van der Waals surface area contributed by atoms with Crippen LogP contribution >= 0.6 is 0 Å². The second-order valence-corrected chi connectivity index (χ2v) is 10.3. The van der Waals surface area contributed by atoms with Gasteiger partial charge in [0, 0.05) is 25.7 Å². The van der Waals surface area contributed by atoms with Gasteiger partial charge in [0.25, 0.3) is 0 Å². The molecule has 0 fully saturated rings. The lowest BCUT2D eigenvalue weighted by Crippen LogP contribution is -2.15. The zero-order valence-corrected chi connectivity index (χ0v) is 22.9. The van der Waals surface area contributed by atoms with E-state index in [4.69, 9.17) is 17.7 Å². The third-order valence-corrected chi connectivity index (χ3v) is 7.19. The Kier molecular flexibility index (Phi) is 9.23. The minimum absolute atomic E-state index is 0.0456. The van der Waals surface area contributed by atoms with Crippen LogP contribution in [0.4, 0.5) is 0 Å². The summed E-state index contributed by atoms with van der Waals surface area (Å²) in [6, 6.07) is 20.9. The van der Waals surface area contributed by atoms with Crippen molar-refractivity contribution in [3.8, 4) is 0 Å². The van der Waals surface area contributed by atoms with E-state index in [1.54, 1.807) is 48.5 Å². The second-order valence-electron chi connectivity index (χ2n) is 10.3. The number of furan rings is 4.